The lowest BCUT2D eigenvalue weighted by atomic mass is 10.0. The van der Waals surface area contributed by atoms with Crippen LogP contribution in [0.5, 0.6) is 0 Å². The van der Waals surface area contributed by atoms with Crippen molar-refractivity contribution in [3.63, 3.8) is 0 Å². The van der Waals surface area contributed by atoms with Crippen LogP contribution in [0.3, 0.4) is 0 Å². The molecule has 3 N–H and O–H groups in total. The van der Waals surface area contributed by atoms with E-state index < -0.39 is 0 Å². The van der Waals surface area contributed by atoms with E-state index in [4.69, 9.17) is 0 Å². The largest absolute Gasteiger partial charge is 0.358 e. The Morgan fingerprint density at radius 1 is 1.25 bits per heavy atom. The molecule has 0 saturated heterocycles. The normalized spacial score (nSPS) is 11.4. The molecule has 3 amide bonds. The lowest BCUT2D eigenvalue weighted by molar-refractivity contribution is -0.125. The van der Waals surface area contributed by atoms with Crippen LogP contribution in [0.1, 0.15) is 43.0 Å². The molecule has 0 aliphatic heterocycles. The van der Waals surface area contributed by atoms with Gasteiger partial charge in [0, 0.05) is 16.6 Å². The van der Waals surface area contributed by atoms with Gasteiger partial charge in [-0.1, -0.05) is 48.2 Å². The number of unbranched alkanes of at least 4 members (excludes halogenated alkanes) is 2. The van der Waals surface area contributed by atoms with E-state index in [9.17, 15) is 14.4 Å². The van der Waals surface area contributed by atoms with Crippen molar-refractivity contribution >= 4 is 34.2 Å². The molecule has 0 fully saturated rings. The minimum absolute atomic E-state index is 0.0511. The molecule has 1 aromatic carbocycles. The van der Waals surface area contributed by atoms with Gasteiger partial charge in [-0.05, 0) is 24.6 Å². The predicted molar refractivity (Wildman–Crippen MR) is 96.3 cm³/mol. The quantitative estimate of drug-likeness (QED) is 0.303. The summed E-state index contributed by atoms with van der Waals surface area (Å²) < 4.78 is 0.815. The van der Waals surface area contributed by atoms with E-state index in [2.05, 4.69) is 38.8 Å². The zero-order chi connectivity index (χ0) is 17.8. The Labute approximate surface area is 150 Å². The highest BCUT2D eigenvalue weighted by molar-refractivity contribution is 9.10. The molecule has 0 aliphatic rings. The average Bonchev–Trinajstić information content (AvgIpc) is 2.57. The van der Waals surface area contributed by atoms with E-state index in [0.29, 0.717) is 24.9 Å². The summed E-state index contributed by atoms with van der Waals surface area (Å²) in [5, 5.41) is 7.90. The van der Waals surface area contributed by atoms with Crippen molar-refractivity contribution in [3.8, 4) is 0 Å². The first-order chi connectivity index (χ1) is 11.6. The van der Waals surface area contributed by atoms with Gasteiger partial charge in [-0.2, -0.15) is 0 Å². The van der Waals surface area contributed by atoms with Gasteiger partial charge in [-0.3, -0.25) is 14.4 Å². The minimum Gasteiger partial charge on any atom is -0.358 e. The number of halogens is 1. The van der Waals surface area contributed by atoms with E-state index >= 15 is 0 Å². The van der Waals surface area contributed by atoms with E-state index in [1.807, 2.05) is 6.07 Å². The third kappa shape index (κ3) is 7.59. The van der Waals surface area contributed by atoms with Crippen LogP contribution in [-0.2, 0) is 9.59 Å². The second-order valence-corrected chi connectivity index (χ2v) is 6.37. The Bertz CT molecular complexity index is 552. The maximum atomic E-state index is 12.2. The Hall–Kier alpha value is -1.89. The maximum absolute atomic E-state index is 12.2. The molecule has 0 aromatic heterocycles. The summed E-state index contributed by atoms with van der Waals surface area (Å²) in [6.07, 6.45) is 4.34. The van der Waals surface area contributed by atoms with Crippen molar-refractivity contribution < 1.29 is 14.4 Å². The molecule has 6 nitrogen and oxygen atoms in total. The molecule has 0 radical (unpaired) electrons. The molecule has 24 heavy (non-hydrogen) atoms. The fourth-order valence-corrected chi connectivity index (χ4v) is 2.64. The SMILES string of the molecule is CCCCC[C@H](CNC=O)C(=O)NCNC(=O)c1cccc(Br)c1. The van der Waals surface area contributed by atoms with Gasteiger partial charge in [0.15, 0.2) is 0 Å². The van der Waals surface area contributed by atoms with Crippen molar-refractivity contribution in [2.24, 2.45) is 5.92 Å². The molecule has 0 aliphatic carbocycles. The Morgan fingerprint density at radius 3 is 2.71 bits per heavy atom. The Morgan fingerprint density at radius 2 is 2.04 bits per heavy atom. The summed E-state index contributed by atoms with van der Waals surface area (Å²) in [5.74, 6) is -0.718. The van der Waals surface area contributed by atoms with Gasteiger partial charge in [-0.25, -0.2) is 0 Å². The van der Waals surface area contributed by atoms with Crippen molar-refractivity contribution in [2.45, 2.75) is 32.6 Å². The van der Waals surface area contributed by atoms with E-state index in [1.165, 1.54) is 0 Å². The second-order valence-electron chi connectivity index (χ2n) is 5.45. The number of benzene rings is 1. The molecule has 0 saturated carbocycles. The standard InChI is InChI=1S/C17H24BrN3O3/c1-2-3-4-6-14(10-19-12-22)17(24)21-11-20-16(23)13-7-5-8-15(18)9-13/h5,7-9,12,14H,2-4,6,10-11H2,1H3,(H,19,22)(H,20,23)(H,21,24)/t14-/m1/s1. The van der Waals surface area contributed by atoms with Crippen LogP contribution >= 0.6 is 15.9 Å². The number of rotatable bonds is 11. The van der Waals surface area contributed by atoms with E-state index in [0.717, 1.165) is 23.7 Å². The van der Waals surface area contributed by atoms with Crippen molar-refractivity contribution in [3.05, 3.63) is 34.3 Å². The second kappa shape index (κ2) is 11.6. The average molecular weight is 398 g/mol. The van der Waals surface area contributed by atoms with Crippen LogP contribution in [0.15, 0.2) is 28.7 Å². The molecule has 1 rings (SSSR count). The minimum atomic E-state index is -0.287. The number of amides is 3. The van der Waals surface area contributed by atoms with E-state index in [1.54, 1.807) is 18.2 Å². The first-order valence-corrected chi connectivity index (χ1v) is 8.86. The van der Waals surface area contributed by atoms with Crippen LogP contribution in [0, 0.1) is 5.92 Å². The summed E-state index contributed by atoms with van der Waals surface area (Å²) >= 11 is 3.31. The number of carbonyl (C=O) groups excluding carboxylic acids is 3. The summed E-state index contributed by atoms with van der Waals surface area (Å²) in [5.41, 5.74) is 0.515. The molecular weight excluding hydrogens is 374 g/mol. The molecule has 0 spiro atoms. The summed E-state index contributed by atoms with van der Waals surface area (Å²) in [6, 6.07) is 7.01. The molecule has 0 heterocycles. The van der Waals surface area contributed by atoms with Gasteiger partial charge in [-0.15, -0.1) is 0 Å². The number of hydrogen-bond acceptors (Lipinski definition) is 3. The lowest BCUT2D eigenvalue weighted by Crippen LogP contribution is -2.42. The zero-order valence-corrected chi connectivity index (χ0v) is 15.4. The molecule has 0 bridgehead atoms. The molecular formula is C17H24BrN3O3. The van der Waals surface area contributed by atoms with Gasteiger partial charge in [0.1, 0.15) is 0 Å². The molecule has 1 aromatic rings. The predicted octanol–water partition coefficient (Wildman–Crippen LogP) is 2.20. The molecule has 0 unspecified atom stereocenters. The van der Waals surface area contributed by atoms with Crippen LogP contribution in [0.4, 0.5) is 0 Å². The highest BCUT2D eigenvalue weighted by Crippen LogP contribution is 2.11. The van der Waals surface area contributed by atoms with Gasteiger partial charge in [0.05, 0.1) is 12.6 Å². The van der Waals surface area contributed by atoms with Crippen molar-refractivity contribution in [1.82, 2.24) is 16.0 Å². The van der Waals surface area contributed by atoms with Gasteiger partial charge < -0.3 is 16.0 Å². The van der Waals surface area contributed by atoms with Crippen LogP contribution in [0.2, 0.25) is 0 Å². The third-order valence-corrected chi connectivity index (χ3v) is 4.07. The number of hydrogen-bond donors (Lipinski definition) is 3. The van der Waals surface area contributed by atoms with Crippen LogP contribution in [0.25, 0.3) is 0 Å². The zero-order valence-electron chi connectivity index (χ0n) is 13.8. The highest BCUT2D eigenvalue weighted by Gasteiger charge is 2.17. The summed E-state index contributed by atoms with van der Waals surface area (Å²) in [4.78, 5) is 34.6. The van der Waals surface area contributed by atoms with Crippen molar-refractivity contribution in [2.75, 3.05) is 13.2 Å². The summed E-state index contributed by atoms with van der Waals surface area (Å²) in [7, 11) is 0. The third-order valence-electron chi connectivity index (χ3n) is 3.57. The molecule has 132 valence electrons. The fraction of sp³-hybridized carbons (Fsp3) is 0.471. The molecule has 1 atom stereocenters. The van der Waals surface area contributed by atoms with Crippen LogP contribution < -0.4 is 16.0 Å². The first-order valence-electron chi connectivity index (χ1n) is 8.07. The highest BCUT2D eigenvalue weighted by atomic mass is 79.9. The van der Waals surface area contributed by atoms with Gasteiger partial charge in [0.25, 0.3) is 5.91 Å². The number of nitrogens with one attached hydrogen (secondary N) is 3. The first kappa shape index (κ1) is 20.2. The summed E-state index contributed by atoms with van der Waals surface area (Å²) in [6.45, 7) is 2.45. The number of carbonyl (C=O) groups is 3. The molecule has 7 heteroatoms. The Kier molecular flexibility index (Phi) is 9.76. The van der Waals surface area contributed by atoms with E-state index in [-0.39, 0.29) is 24.4 Å². The van der Waals surface area contributed by atoms with Crippen LogP contribution in [-0.4, -0.2) is 31.4 Å². The van der Waals surface area contributed by atoms with Gasteiger partial charge in [0.2, 0.25) is 12.3 Å². The topological polar surface area (TPSA) is 87.3 Å². The Balaban J connectivity index is 2.43. The maximum Gasteiger partial charge on any atom is 0.252 e. The fourth-order valence-electron chi connectivity index (χ4n) is 2.24. The smallest absolute Gasteiger partial charge is 0.252 e. The monoisotopic (exact) mass is 397 g/mol. The van der Waals surface area contributed by atoms with Gasteiger partial charge >= 0.3 is 0 Å². The lowest BCUT2D eigenvalue weighted by Gasteiger charge is -2.16. The van der Waals surface area contributed by atoms with Crippen molar-refractivity contribution in [1.29, 1.82) is 0 Å².